The fourth-order valence-corrected chi connectivity index (χ4v) is 3.83. The molecule has 0 amide bonds. The highest BCUT2D eigenvalue weighted by Crippen LogP contribution is 2.41. The summed E-state index contributed by atoms with van der Waals surface area (Å²) in [5.74, 6) is 0. The minimum Gasteiger partial charge on any atom is -0.387 e. The van der Waals surface area contributed by atoms with E-state index in [2.05, 4.69) is 65.3 Å². The van der Waals surface area contributed by atoms with Crippen LogP contribution in [0.1, 0.15) is 67.7 Å². The zero-order valence-electron chi connectivity index (χ0n) is 13.5. The molecule has 2 heteroatoms. The van der Waals surface area contributed by atoms with Gasteiger partial charge in [0.25, 0.3) is 0 Å². The summed E-state index contributed by atoms with van der Waals surface area (Å²) in [6, 6.07) is 0. The minimum absolute atomic E-state index is 0.168. The van der Waals surface area contributed by atoms with Crippen molar-refractivity contribution in [3.63, 3.8) is 0 Å². The van der Waals surface area contributed by atoms with E-state index in [1.54, 1.807) is 0 Å². The first-order valence-electron chi connectivity index (χ1n) is 7.31. The molecule has 0 aliphatic carbocycles. The molecule has 0 aromatic rings. The van der Waals surface area contributed by atoms with Crippen LogP contribution in [-0.4, -0.2) is 28.1 Å². The van der Waals surface area contributed by atoms with Crippen molar-refractivity contribution in [1.29, 1.82) is 0 Å². The maximum Gasteiger partial charge on any atom is 0.0361 e. The minimum atomic E-state index is 0.168. The topological polar surface area (TPSA) is 15.3 Å². The van der Waals surface area contributed by atoms with Crippen molar-refractivity contribution < 1.29 is 0 Å². The molecule has 0 aromatic carbocycles. The largest absolute Gasteiger partial charge is 0.387 e. The summed E-state index contributed by atoms with van der Waals surface area (Å²) in [5.41, 5.74) is 1.72. The molecule has 1 aliphatic rings. The number of nitrogens with zero attached hydrogens (tertiary/aromatic N) is 1. The van der Waals surface area contributed by atoms with Crippen molar-refractivity contribution >= 4 is 0 Å². The van der Waals surface area contributed by atoms with E-state index in [0.29, 0.717) is 0 Å². The first-order valence-corrected chi connectivity index (χ1v) is 7.31. The maximum absolute atomic E-state index is 4.20. The molecule has 0 spiro atoms. The fraction of sp³-hybridized carbons (Fsp3) is 0.875. The van der Waals surface area contributed by atoms with E-state index in [-0.39, 0.29) is 16.6 Å². The van der Waals surface area contributed by atoms with Gasteiger partial charge in [0, 0.05) is 35.3 Å². The molecule has 0 radical (unpaired) electrons. The number of hydrogen-bond acceptors (Lipinski definition) is 2. The van der Waals surface area contributed by atoms with Crippen LogP contribution in [0.2, 0.25) is 0 Å². The molecular formula is C16H32N2. The monoisotopic (exact) mass is 252 g/mol. The van der Waals surface area contributed by atoms with Gasteiger partial charge in [0.2, 0.25) is 0 Å². The second kappa shape index (κ2) is 4.88. The Morgan fingerprint density at radius 2 is 1.67 bits per heavy atom. The summed E-state index contributed by atoms with van der Waals surface area (Å²) in [6.07, 6.45) is 3.34. The van der Waals surface area contributed by atoms with Crippen LogP contribution in [-0.2, 0) is 0 Å². The summed E-state index contributed by atoms with van der Waals surface area (Å²) in [4.78, 5) is 2.73. The Morgan fingerprint density at radius 1 is 1.17 bits per heavy atom. The highest BCUT2D eigenvalue weighted by Gasteiger charge is 2.48. The van der Waals surface area contributed by atoms with Crippen molar-refractivity contribution in [2.75, 3.05) is 6.54 Å². The van der Waals surface area contributed by atoms with Gasteiger partial charge < -0.3 is 5.32 Å². The Kier molecular flexibility index (Phi) is 4.22. The van der Waals surface area contributed by atoms with E-state index >= 15 is 0 Å². The zero-order valence-corrected chi connectivity index (χ0v) is 13.5. The Bertz CT molecular complexity index is 316. The van der Waals surface area contributed by atoms with Crippen LogP contribution in [0.4, 0.5) is 0 Å². The Labute approximate surface area is 114 Å². The van der Waals surface area contributed by atoms with Crippen LogP contribution in [0, 0.1) is 0 Å². The molecule has 2 nitrogen and oxygen atoms in total. The lowest BCUT2D eigenvalue weighted by atomic mass is 9.80. The lowest BCUT2D eigenvalue weighted by Crippen LogP contribution is -2.65. The van der Waals surface area contributed by atoms with Gasteiger partial charge in [-0.1, -0.05) is 20.4 Å². The number of nitrogens with one attached hydrogen (secondary N) is 1. The molecule has 1 saturated heterocycles. The average molecular weight is 252 g/mol. The van der Waals surface area contributed by atoms with E-state index in [9.17, 15) is 0 Å². The van der Waals surface area contributed by atoms with Crippen LogP contribution in [0.25, 0.3) is 0 Å². The van der Waals surface area contributed by atoms with Gasteiger partial charge in [0.05, 0.1) is 0 Å². The predicted octanol–water partition coefficient (Wildman–Crippen LogP) is 3.93. The van der Waals surface area contributed by atoms with Gasteiger partial charge in [-0.3, -0.25) is 4.90 Å². The van der Waals surface area contributed by atoms with Crippen molar-refractivity contribution in [3.05, 3.63) is 12.3 Å². The highest BCUT2D eigenvalue weighted by molar-refractivity contribution is 5.13. The highest BCUT2D eigenvalue weighted by atomic mass is 15.3. The van der Waals surface area contributed by atoms with Gasteiger partial charge in [0.1, 0.15) is 0 Å². The normalized spacial score (nSPS) is 35.2. The molecular weight excluding hydrogens is 220 g/mol. The molecule has 1 heterocycles. The van der Waals surface area contributed by atoms with Gasteiger partial charge in [-0.15, -0.1) is 0 Å². The van der Waals surface area contributed by atoms with Crippen LogP contribution < -0.4 is 5.32 Å². The van der Waals surface area contributed by atoms with Gasteiger partial charge in [-0.25, -0.2) is 0 Å². The summed E-state index contributed by atoms with van der Waals surface area (Å²) >= 11 is 0. The molecule has 18 heavy (non-hydrogen) atoms. The van der Waals surface area contributed by atoms with Crippen molar-refractivity contribution in [2.45, 2.75) is 84.3 Å². The second-order valence-electron chi connectivity index (χ2n) is 7.34. The molecule has 0 bridgehead atoms. The zero-order chi connectivity index (χ0) is 14.2. The van der Waals surface area contributed by atoms with E-state index in [1.807, 2.05) is 0 Å². The van der Waals surface area contributed by atoms with Crippen LogP contribution in [0.15, 0.2) is 12.3 Å². The number of rotatable bonds is 2. The molecule has 0 aromatic heterocycles. The predicted molar refractivity (Wildman–Crippen MR) is 80.7 cm³/mol. The lowest BCUT2D eigenvalue weighted by molar-refractivity contribution is -0.0681. The molecule has 1 aliphatic heterocycles. The van der Waals surface area contributed by atoms with E-state index in [0.717, 1.165) is 25.8 Å². The Balaban J connectivity index is 3.32. The Hall–Kier alpha value is -0.500. The molecule has 1 rings (SSSR count). The van der Waals surface area contributed by atoms with Crippen molar-refractivity contribution in [3.8, 4) is 0 Å². The molecule has 2 atom stereocenters. The molecule has 106 valence electrons. The molecule has 0 saturated carbocycles. The second-order valence-corrected chi connectivity index (χ2v) is 7.34. The standard InChI is InChI=1S/C16H32N2/c1-9-15(7)11-13(3)17-12-16(8,10-2)18(15)14(4,5)6/h17H,3,9-12H2,1-2,4-8H3. The quantitative estimate of drug-likeness (QED) is 0.801. The third-order valence-corrected chi connectivity index (χ3v) is 4.59. The SMILES string of the molecule is C=C1CC(C)(CC)N(C(C)(C)C)C(C)(CC)CN1. The molecule has 1 fully saturated rings. The smallest absolute Gasteiger partial charge is 0.0361 e. The Morgan fingerprint density at radius 3 is 2.06 bits per heavy atom. The van der Waals surface area contributed by atoms with Crippen molar-refractivity contribution in [2.24, 2.45) is 0 Å². The summed E-state index contributed by atoms with van der Waals surface area (Å²) in [7, 11) is 0. The van der Waals surface area contributed by atoms with Crippen LogP contribution in [0.5, 0.6) is 0 Å². The maximum atomic E-state index is 4.20. The molecule has 1 N–H and O–H groups in total. The summed E-state index contributed by atoms with van der Waals surface area (Å²) in [5, 5.41) is 3.54. The van der Waals surface area contributed by atoms with Crippen molar-refractivity contribution in [1.82, 2.24) is 10.2 Å². The lowest BCUT2D eigenvalue weighted by Gasteiger charge is -2.56. The van der Waals surface area contributed by atoms with E-state index in [4.69, 9.17) is 0 Å². The van der Waals surface area contributed by atoms with Gasteiger partial charge >= 0.3 is 0 Å². The van der Waals surface area contributed by atoms with Gasteiger partial charge in [-0.05, 0) is 47.5 Å². The first kappa shape index (κ1) is 15.6. The summed E-state index contributed by atoms with van der Waals surface area (Å²) < 4.78 is 0. The third kappa shape index (κ3) is 2.74. The van der Waals surface area contributed by atoms with E-state index < -0.39 is 0 Å². The summed E-state index contributed by atoms with van der Waals surface area (Å²) in [6.45, 7) is 21.6. The molecule has 2 unspecified atom stereocenters. The van der Waals surface area contributed by atoms with Gasteiger partial charge in [-0.2, -0.15) is 0 Å². The van der Waals surface area contributed by atoms with Gasteiger partial charge in [0.15, 0.2) is 0 Å². The third-order valence-electron chi connectivity index (χ3n) is 4.59. The first-order chi connectivity index (χ1) is 8.09. The van der Waals surface area contributed by atoms with Crippen LogP contribution >= 0.6 is 0 Å². The number of hydrogen-bond donors (Lipinski definition) is 1. The van der Waals surface area contributed by atoms with E-state index in [1.165, 1.54) is 5.70 Å². The fourth-order valence-electron chi connectivity index (χ4n) is 3.83. The van der Waals surface area contributed by atoms with Crippen LogP contribution in [0.3, 0.4) is 0 Å². The average Bonchev–Trinajstić information content (AvgIpc) is 2.34.